The highest BCUT2D eigenvalue weighted by atomic mass is 32.1. The smallest absolute Gasteiger partial charge is 0.315 e. The zero-order chi connectivity index (χ0) is 11.3. The van der Waals surface area contributed by atoms with E-state index in [1.807, 2.05) is 6.92 Å². The second kappa shape index (κ2) is 5.07. The Hall–Kier alpha value is -1.16. The second-order valence-corrected chi connectivity index (χ2v) is 4.46. The average molecular weight is 225 g/mol. The number of ether oxygens (including phenoxy) is 1. The van der Waals surface area contributed by atoms with Gasteiger partial charge in [0.05, 0.1) is 17.5 Å². The van der Waals surface area contributed by atoms with Gasteiger partial charge in [0.15, 0.2) is 0 Å². The van der Waals surface area contributed by atoms with Crippen LogP contribution in [0.4, 0.5) is 0 Å². The summed E-state index contributed by atoms with van der Waals surface area (Å²) < 4.78 is 5.02. The van der Waals surface area contributed by atoms with Crippen molar-refractivity contribution in [1.82, 2.24) is 4.98 Å². The molecule has 0 fully saturated rings. The molecule has 0 bridgehead atoms. The number of hydrogen-bond acceptors (Lipinski definition) is 4. The summed E-state index contributed by atoms with van der Waals surface area (Å²) in [5, 5.41) is 0. The molecule has 0 aliphatic carbocycles. The Morgan fingerprint density at radius 3 is 3.00 bits per heavy atom. The Kier molecular flexibility index (Phi) is 4.03. The molecular weight excluding hydrogens is 210 g/mol. The topological polar surface area (TPSA) is 39.2 Å². The van der Waals surface area contributed by atoms with Crippen LogP contribution in [-0.4, -0.2) is 17.6 Å². The normalized spacial score (nSPS) is 14.3. The fourth-order valence-corrected chi connectivity index (χ4v) is 1.98. The van der Waals surface area contributed by atoms with Gasteiger partial charge < -0.3 is 4.74 Å². The summed E-state index contributed by atoms with van der Waals surface area (Å²) >= 11 is 1.53. The van der Waals surface area contributed by atoms with E-state index in [1.165, 1.54) is 11.3 Å². The Labute approximate surface area is 93.8 Å². The van der Waals surface area contributed by atoms with Crippen LogP contribution in [0.15, 0.2) is 24.4 Å². The monoisotopic (exact) mass is 225 g/mol. The van der Waals surface area contributed by atoms with Crippen molar-refractivity contribution in [1.29, 1.82) is 0 Å². The van der Waals surface area contributed by atoms with Crippen LogP contribution >= 0.6 is 11.3 Å². The first-order valence-corrected chi connectivity index (χ1v) is 5.68. The second-order valence-electron chi connectivity index (χ2n) is 3.49. The fraction of sp³-hybridized carbons (Fsp3) is 0.455. The van der Waals surface area contributed by atoms with Crippen molar-refractivity contribution in [2.24, 2.45) is 5.41 Å². The standard InChI is InChI=1S/C11H15NO2S/c1-4-11(3,10(13)14-5-2)6-9-7-12-8-15-9/h4,7-8H,1,5-6H2,2-3H3. The predicted molar refractivity (Wildman–Crippen MR) is 60.8 cm³/mol. The zero-order valence-electron chi connectivity index (χ0n) is 9.03. The van der Waals surface area contributed by atoms with Gasteiger partial charge >= 0.3 is 5.97 Å². The van der Waals surface area contributed by atoms with E-state index in [0.717, 1.165) is 4.88 Å². The van der Waals surface area contributed by atoms with Crippen molar-refractivity contribution in [2.75, 3.05) is 6.61 Å². The average Bonchev–Trinajstić information content (AvgIpc) is 2.70. The summed E-state index contributed by atoms with van der Waals surface area (Å²) in [5.41, 5.74) is 1.10. The molecule has 1 atom stereocenters. The van der Waals surface area contributed by atoms with Crippen molar-refractivity contribution in [2.45, 2.75) is 20.3 Å². The van der Waals surface area contributed by atoms with Crippen molar-refractivity contribution in [3.8, 4) is 0 Å². The zero-order valence-corrected chi connectivity index (χ0v) is 9.84. The van der Waals surface area contributed by atoms with E-state index in [0.29, 0.717) is 13.0 Å². The first-order valence-electron chi connectivity index (χ1n) is 4.80. The van der Waals surface area contributed by atoms with Crippen molar-refractivity contribution >= 4 is 17.3 Å². The lowest BCUT2D eigenvalue weighted by Gasteiger charge is -2.22. The molecule has 0 amide bonds. The van der Waals surface area contributed by atoms with E-state index in [9.17, 15) is 4.79 Å². The number of hydrogen-bond donors (Lipinski definition) is 0. The lowest BCUT2D eigenvalue weighted by atomic mass is 9.86. The van der Waals surface area contributed by atoms with E-state index >= 15 is 0 Å². The Morgan fingerprint density at radius 2 is 2.53 bits per heavy atom. The highest BCUT2D eigenvalue weighted by Crippen LogP contribution is 2.27. The molecule has 0 saturated carbocycles. The van der Waals surface area contributed by atoms with Gasteiger partial charge in [0, 0.05) is 17.5 Å². The molecule has 3 nitrogen and oxygen atoms in total. The van der Waals surface area contributed by atoms with Gasteiger partial charge in [-0.25, -0.2) is 0 Å². The highest BCUT2D eigenvalue weighted by Gasteiger charge is 2.32. The molecule has 0 radical (unpaired) electrons. The molecule has 0 spiro atoms. The van der Waals surface area contributed by atoms with Crippen LogP contribution in [0, 0.1) is 5.41 Å². The number of rotatable bonds is 5. The minimum atomic E-state index is -0.650. The summed E-state index contributed by atoms with van der Waals surface area (Å²) in [4.78, 5) is 16.8. The third kappa shape index (κ3) is 2.89. The minimum absolute atomic E-state index is 0.228. The lowest BCUT2D eigenvalue weighted by Crippen LogP contribution is -2.29. The maximum absolute atomic E-state index is 11.7. The lowest BCUT2D eigenvalue weighted by molar-refractivity contribution is -0.151. The fourth-order valence-electron chi connectivity index (χ4n) is 1.21. The van der Waals surface area contributed by atoms with Gasteiger partial charge in [-0.3, -0.25) is 9.78 Å². The Bertz CT molecular complexity index is 334. The van der Waals surface area contributed by atoms with Gasteiger partial charge in [-0.2, -0.15) is 0 Å². The highest BCUT2D eigenvalue weighted by molar-refractivity contribution is 7.09. The van der Waals surface area contributed by atoms with E-state index < -0.39 is 5.41 Å². The van der Waals surface area contributed by atoms with Gasteiger partial charge in [-0.05, 0) is 13.8 Å². The molecule has 1 heterocycles. The molecule has 1 aromatic heterocycles. The van der Waals surface area contributed by atoms with Crippen LogP contribution in [0.2, 0.25) is 0 Å². The number of aromatic nitrogens is 1. The number of carbonyl (C=O) groups is 1. The van der Waals surface area contributed by atoms with E-state index in [1.54, 1.807) is 24.7 Å². The summed E-state index contributed by atoms with van der Waals surface area (Å²) in [7, 11) is 0. The van der Waals surface area contributed by atoms with Crippen molar-refractivity contribution in [3.63, 3.8) is 0 Å². The molecule has 15 heavy (non-hydrogen) atoms. The van der Waals surface area contributed by atoms with Gasteiger partial charge in [-0.1, -0.05) is 6.08 Å². The number of carbonyl (C=O) groups excluding carboxylic acids is 1. The molecule has 0 saturated heterocycles. The summed E-state index contributed by atoms with van der Waals surface area (Å²) in [6.45, 7) is 7.72. The molecule has 82 valence electrons. The maximum Gasteiger partial charge on any atom is 0.315 e. The molecule has 0 N–H and O–H groups in total. The van der Waals surface area contributed by atoms with E-state index in [4.69, 9.17) is 4.74 Å². The van der Waals surface area contributed by atoms with Crippen molar-refractivity contribution < 1.29 is 9.53 Å². The van der Waals surface area contributed by atoms with Gasteiger partial charge in [0.25, 0.3) is 0 Å². The SMILES string of the molecule is C=CC(C)(Cc1cncs1)C(=O)OCC. The Morgan fingerprint density at radius 1 is 1.80 bits per heavy atom. The van der Waals surface area contributed by atoms with Crippen LogP contribution in [0.25, 0.3) is 0 Å². The third-order valence-electron chi connectivity index (χ3n) is 2.22. The van der Waals surface area contributed by atoms with Crippen molar-refractivity contribution in [3.05, 3.63) is 29.2 Å². The predicted octanol–water partition coefficient (Wildman–Crippen LogP) is 2.44. The van der Waals surface area contributed by atoms with E-state index in [2.05, 4.69) is 11.6 Å². The number of nitrogens with zero attached hydrogens (tertiary/aromatic N) is 1. The summed E-state index contributed by atoms with van der Waals surface area (Å²) in [5.74, 6) is -0.228. The molecule has 1 unspecified atom stereocenters. The Balaban J connectivity index is 2.76. The molecule has 1 aromatic rings. The molecule has 0 aliphatic rings. The van der Waals surface area contributed by atoms with Gasteiger partial charge in [0.1, 0.15) is 0 Å². The third-order valence-corrected chi connectivity index (χ3v) is 3.00. The largest absolute Gasteiger partial charge is 0.465 e. The molecule has 0 aromatic carbocycles. The van der Waals surface area contributed by atoms with Gasteiger partial charge in [0.2, 0.25) is 0 Å². The van der Waals surface area contributed by atoms with Crippen LogP contribution in [0.5, 0.6) is 0 Å². The van der Waals surface area contributed by atoms with E-state index in [-0.39, 0.29) is 5.97 Å². The molecule has 0 aliphatic heterocycles. The summed E-state index contributed by atoms with van der Waals surface area (Å²) in [6, 6.07) is 0. The van der Waals surface area contributed by atoms with Crippen LogP contribution in [0.3, 0.4) is 0 Å². The molecule has 1 rings (SSSR count). The van der Waals surface area contributed by atoms with Crippen LogP contribution in [0.1, 0.15) is 18.7 Å². The first kappa shape index (κ1) is 11.9. The van der Waals surface area contributed by atoms with Crippen LogP contribution in [-0.2, 0) is 16.0 Å². The first-order chi connectivity index (χ1) is 7.12. The maximum atomic E-state index is 11.7. The van der Waals surface area contributed by atoms with Crippen LogP contribution < -0.4 is 0 Å². The van der Waals surface area contributed by atoms with Gasteiger partial charge in [-0.15, -0.1) is 17.9 Å². The number of thiazole rings is 1. The minimum Gasteiger partial charge on any atom is -0.465 e. The summed E-state index contributed by atoms with van der Waals surface area (Å²) in [6.07, 6.45) is 4.01. The molecular formula is C11H15NO2S. The quantitative estimate of drug-likeness (QED) is 0.570. The molecule has 4 heteroatoms. The number of esters is 1.